The maximum Gasteiger partial charge on any atom is 0.263 e. The highest BCUT2D eigenvalue weighted by Gasteiger charge is 2.20. The van der Waals surface area contributed by atoms with Crippen LogP contribution in [0.25, 0.3) is 32.9 Å². The van der Waals surface area contributed by atoms with Gasteiger partial charge < -0.3 is 9.30 Å². The van der Waals surface area contributed by atoms with Crippen LogP contribution in [0.5, 0.6) is 11.5 Å². The fourth-order valence-electron chi connectivity index (χ4n) is 4.31. The van der Waals surface area contributed by atoms with Gasteiger partial charge in [0.1, 0.15) is 11.5 Å². The van der Waals surface area contributed by atoms with Gasteiger partial charge in [-0.25, -0.2) is 13.4 Å². The monoisotopic (exact) mass is 579 g/mol. The highest BCUT2D eigenvalue weighted by molar-refractivity contribution is 7.93. The number of sulfonamides is 1. The number of hydrogen-bond acceptors (Lipinski definition) is 5. The van der Waals surface area contributed by atoms with Crippen molar-refractivity contribution in [2.45, 2.75) is 4.90 Å². The molecule has 0 aliphatic carbocycles. The Bertz CT molecular complexity index is 1950. The van der Waals surface area contributed by atoms with Gasteiger partial charge in [-0.05, 0) is 53.2 Å². The summed E-state index contributed by atoms with van der Waals surface area (Å²) in [7, 11) is -1.95. The molecule has 10 heteroatoms. The van der Waals surface area contributed by atoms with E-state index >= 15 is 0 Å². The van der Waals surface area contributed by atoms with Crippen molar-refractivity contribution < 1.29 is 13.2 Å². The number of anilines is 1. The quantitative estimate of drug-likeness (QED) is 0.215. The minimum absolute atomic E-state index is 0.000109. The fourth-order valence-corrected chi connectivity index (χ4v) is 6.66. The van der Waals surface area contributed by atoms with E-state index in [1.54, 1.807) is 0 Å². The first-order valence-corrected chi connectivity index (χ1v) is 14.6. The molecule has 0 atom stereocenters. The molecule has 0 aliphatic rings. The lowest BCUT2D eigenvalue weighted by Crippen LogP contribution is -2.12. The van der Waals surface area contributed by atoms with E-state index < -0.39 is 10.0 Å². The number of nitrogens with one attached hydrogen (secondary N) is 1. The largest absolute Gasteiger partial charge is 0.457 e. The van der Waals surface area contributed by atoms with E-state index in [1.807, 2.05) is 77.8 Å². The highest BCUT2D eigenvalue weighted by Crippen LogP contribution is 2.40. The standard InChI is InChI=1S/C28H19Cl2N3O3S2/c1-33-15-21(24-16-37-28(31-24)32-38(34,35)20-11-12-22(29)23(30)14-20)27-25(33)7-4-8-26(27)36-19-10-9-17-5-2-3-6-18(17)13-19/h2-16H,1H3,(H,31,32). The van der Waals surface area contributed by atoms with Crippen LogP contribution in [0.2, 0.25) is 10.0 Å². The molecule has 0 unspecified atom stereocenters. The summed E-state index contributed by atoms with van der Waals surface area (Å²) in [5.41, 5.74) is 2.42. The second-order valence-corrected chi connectivity index (χ2v) is 12.0. The summed E-state index contributed by atoms with van der Waals surface area (Å²) in [6, 6.07) is 24.1. The maximum atomic E-state index is 12.9. The van der Waals surface area contributed by atoms with Crippen molar-refractivity contribution >= 4 is 71.4 Å². The van der Waals surface area contributed by atoms with Crippen molar-refractivity contribution in [2.75, 3.05) is 4.72 Å². The molecular formula is C28H19Cl2N3O3S2. The average molecular weight is 581 g/mol. The van der Waals surface area contributed by atoms with Crippen LogP contribution >= 0.6 is 34.5 Å². The van der Waals surface area contributed by atoms with Crippen LogP contribution in [0.3, 0.4) is 0 Å². The van der Waals surface area contributed by atoms with Crippen molar-refractivity contribution in [1.29, 1.82) is 0 Å². The van der Waals surface area contributed by atoms with Crippen molar-refractivity contribution in [3.8, 4) is 22.8 Å². The molecule has 6 rings (SSSR count). The Hall–Kier alpha value is -3.56. The molecule has 0 aliphatic heterocycles. The van der Waals surface area contributed by atoms with Crippen molar-refractivity contribution in [1.82, 2.24) is 9.55 Å². The summed E-state index contributed by atoms with van der Waals surface area (Å²) in [6.45, 7) is 0. The van der Waals surface area contributed by atoms with Gasteiger partial charge in [0.2, 0.25) is 0 Å². The fraction of sp³-hybridized carbons (Fsp3) is 0.0357. The van der Waals surface area contributed by atoms with Gasteiger partial charge in [0.15, 0.2) is 5.13 Å². The van der Waals surface area contributed by atoms with Crippen LogP contribution in [0, 0.1) is 0 Å². The smallest absolute Gasteiger partial charge is 0.263 e. The Morgan fingerprint density at radius 1 is 0.921 bits per heavy atom. The Kier molecular flexibility index (Phi) is 6.28. The number of nitrogens with zero attached hydrogens (tertiary/aromatic N) is 2. The molecule has 0 amide bonds. The van der Waals surface area contributed by atoms with Crippen LogP contribution in [0.1, 0.15) is 0 Å². The molecule has 0 saturated carbocycles. The molecule has 2 heterocycles. The molecule has 6 aromatic rings. The Morgan fingerprint density at radius 3 is 2.55 bits per heavy atom. The van der Waals surface area contributed by atoms with Crippen molar-refractivity contribution in [2.24, 2.45) is 7.05 Å². The molecule has 0 spiro atoms. The van der Waals surface area contributed by atoms with Crippen LogP contribution in [0.15, 0.2) is 95.3 Å². The predicted molar refractivity (Wildman–Crippen MR) is 155 cm³/mol. The lowest BCUT2D eigenvalue weighted by atomic mass is 10.1. The number of ether oxygens (including phenoxy) is 1. The first-order valence-electron chi connectivity index (χ1n) is 11.5. The van der Waals surface area contributed by atoms with Crippen molar-refractivity contribution in [3.05, 3.63) is 100 Å². The summed E-state index contributed by atoms with van der Waals surface area (Å²) in [6.07, 6.45) is 1.96. The zero-order chi connectivity index (χ0) is 26.4. The Morgan fingerprint density at radius 2 is 1.74 bits per heavy atom. The number of thiazole rings is 1. The van der Waals surface area contributed by atoms with Crippen molar-refractivity contribution in [3.63, 3.8) is 0 Å². The summed E-state index contributed by atoms with van der Waals surface area (Å²) in [5, 5.41) is 5.58. The van der Waals surface area contributed by atoms with Gasteiger partial charge in [0.25, 0.3) is 10.0 Å². The van der Waals surface area contributed by atoms with Gasteiger partial charge in [-0.3, -0.25) is 4.72 Å². The predicted octanol–water partition coefficient (Wildman–Crippen LogP) is 8.35. The summed E-state index contributed by atoms with van der Waals surface area (Å²) in [5.74, 6) is 1.40. The lowest BCUT2D eigenvalue weighted by molar-refractivity contribution is 0.489. The minimum atomic E-state index is -3.90. The van der Waals surface area contributed by atoms with E-state index in [2.05, 4.69) is 15.8 Å². The number of aromatic nitrogens is 2. The van der Waals surface area contributed by atoms with Crippen LogP contribution in [-0.4, -0.2) is 18.0 Å². The van der Waals surface area contributed by atoms with Crippen LogP contribution in [0.4, 0.5) is 5.13 Å². The summed E-state index contributed by atoms with van der Waals surface area (Å²) in [4.78, 5) is 4.58. The first-order chi connectivity index (χ1) is 18.3. The molecule has 190 valence electrons. The van der Waals surface area contributed by atoms with Gasteiger partial charge in [0, 0.05) is 24.2 Å². The summed E-state index contributed by atoms with van der Waals surface area (Å²) >= 11 is 13.1. The van der Waals surface area contributed by atoms with E-state index in [0.29, 0.717) is 11.4 Å². The molecule has 6 nitrogen and oxygen atoms in total. The number of halogens is 2. The first kappa shape index (κ1) is 24.8. The third-order valence-electron chi connectivity index (χ3n) is 6.13. The third-order valence-corrected chi connectivity index (χ3v) is 9.09. The van der Waals surface area contributed by atoms with Gasteiger partial charge >= 0.3 is 0 Å². The third kappa shape index (κ3) is 4.61. The molecule has 0 saturated heterocycles. The zero-order valence-corrected chi connectivity index (χ0v) is 23.0. The van der Waals surface area contributed by atoms with Gasteiger partial charge in [-0.1, -0.05) is 59.6 Å². The average Bonchev–Trinajstić information content (AvgIpc) is 3.50. The molecular weight excluding hydrogens is 561 g/mol. The van der Waals surface area contributed by atoms with E-state index in [4.69, 9.17) is 27.9 Å². The van der Waals surface area contributed by atoms with Crippen LogP contribution in [-0.2, 0) is 17.1 Å². The summed E-state index contributed by atoms with van der Waals surface area (Å²) < 4.78 is 36.7. The highest BCUT2D eigenvalue weighted by atomic mass is 35.5. The maximum absolute atomic E-state index is 12.9. The molecule has 1 N–H and O–H groups in total. The SMILES string of the molecule is Cn1cc(-c2csc(NS(=O)(=O)c3ccc(Cl)c(Cl)c3)n2)c2c(Oc3ccc4ccccc4c3)cccc21. The Balaban J connectivity index is 1.35. The second kappa shape index (κ2) is 9.63. The molecule has 2 aromatic heterocycles. The number of fused-ring (bicyclic) bond motifs is 2. The molecule has 0 radical (unpaired) electrons. The van der Waals surface area contributed by atoms with Crippen LogP contribution < -0.4 is 9.46 Å². The number of benzene rings is 4. The number of hydrogen-bond donors (Lipinski definition) is 1. The second-order valence-electron chi connectivity index (χ2n) is 8.63. The van der Waals surface area contributed by atoms with E-state index in [-0.39, 0.29) is 20.1 Å². The normalized spacial score (nSPS) is 11.8. The minimum Gasteiger partial charge on any atom is -0.457 e. The van der Waals surface area contributed by atoms with E-state index in [0.717, 1.165) is 33.0 Å². The number of aryl methyl sites for hydroxylation is 1. The van der Waals surface area contributed by atoms with Gasteiger partial charge in [-0.15, -0.1) is 11.3 Å². The van der Waals surface area contributed by atoms with Gasteiger partial charge in [-0.2, -0.15) is 0 Å². The zero-order valence-electron chi connectivity index (χ0n) is 19.9. The van der Waals surface area contributed by atoms with Gasteiger partial charge in [0.05, 0.1) is 31.5 Å². The lowest BCUT2D eigenvalue weighted by Gasteiger charge is -2.10. The topological polar surface area (TPSA) is 73.2 Å². The molecule has 4 aromatic carbocycles. The van der Waals surface area contributed by atoms with E-state index in [1.165, 1.54) is 29.5 Å². The van der Waals surface area contributed by atoms with E-state index in [9.17, 15) is 8.42 Å². The molecule has 38 heavy (non-hydrogen) atoms. The molecule has 0 bridgehead atoms. The Labute approximate surface area is 233 Å². The number of rotatable bonds is 6. The molecule has 0 fully saturated rings.